The van der Waals surface area contributed by atoms with Gasteiger partial charge in [0.25, 0.3) is 0 Å². The van der Waals surface area contributed by atoms with Crippen LogP contribution in [0.1, 0.15) is 41.6 Å². The van der Waals surface area contributed by atoms with Gasteiger partial charge >= 0.3 is 18.1 Å². The van der Waals surface area contributed by atoms with Gasteiger partial charge in [0.2, 0.25) is 0 Å². The molecule has 32 heavy (non-hydrogen) atoms. The molecule has 0 spiro atoms. The van der Waals surface area contributed by atoms with Crippen LogP contribution in [0.15, 0.2) is 48.5 Å². The predicted octanol–water partition coefficient (Wildman–Crippen LogP) is 4.38. The van der Waals surface area contributed by atoms with Gasteiger partial charge in [-0.1, -0.05) is 30.7 Å². The van der Waals surface area contributed by atoms with E-state index in [2.05, 4.69) is 5.32 Å². The van der Waals surface area contributed by atoms with Crippen LogP contribution < -0.4 is 14.8 Å². The lowest BCUT2D eigenvalue weighted by Gasteiger charge is -2.44. The monoisotopic (exact) mass is 451 g/mol. The van der Waals surface area contributed by atoms with Gasteiger partial charge in [0.1, 0.15) is 11.6 Å². The van der Waals surface area contributed by atoms with E-state index >= 15 is 0 Å². The van der Waals surface area contributed by atoms with E-state index in [0.717, 1.165) is 0 Å². The van der Waals surface area contributed by atoms with Crippen molar-refractivity contribution in [3.63, 3.8) is 0 Å². The van der Waals surface area contributed by atoms with Crippen LogP contribution in [0.4, 0.5) is 13.2 Å². The van der Waals surface area contributed by atoms with Gasteiger partial charge in [-0.3, -0.25) is 4.79 Å². The molecular formula is C23H24F3NO5. The lowest BCUT2D eigenvalue weighted by molar-refractivity contribution is -0.178. The van der Waals surface area contributed by atoms with Gasteiger partial charge in [-0.15, -0.1) is 0 Å². The van der Waals surface area contributed by atoms with Crippen LogP contribution in [-0.4, -0.2) is 38.4 Å². The molecule has 6 nitrogen and oxygen atoms in total. The Morgan fingerprint density at radius 1 is 1.00 bits per heavy atom. The van der Waals surface area contributed by atoms with Crippen molar-refractivity contribution in [1.29, 1.82) is 0 Å². The molecule has 0 bridgehead atoms. The van der Waals surface area contributed by atoms with Gasteiger partial charge in [-0.05, 0) is 49.1 Å². The molecule has 1 N–H and O–H groups in total. The third-order valence-electron chi connectivity index (χ3n) is 5.59. The molecule has 2 aromatic rings. The maximum Gasteiger partial charge on any atom is 0.471 e. The summed E-state index contributed by atoms with van der Waals surface area (Å²) in [5.41, 5.74) is -0.991. The summed E-state index contributed by atoms with van der Waals surface area (Å²) in [5.74, 6) is -2.12. The molecule has 0 unspecified atom stereocenters. The summed E-state index contributed by atoms with van der Waals surface area (Å²) in [6.07, 6.45) is -4.53. The largest absolute Gasteiger partial charge is 0.493 e. The lowest BCUT2D eigenvalue weighted by atomic mass is 9.74. The van der Waals surface area contributed by atoms with Crippen LogP contribution in [0.3, 0.4) is 0 Å². The third kappa shape index (κ3) is 4.81. The van der Waals surface area contributed by atoms with Crippen molar-refractivity contribution < 1.29 is 37.0 Å². The zero-order valence-electron chi connectivity index (χ0n) is 17.7. The summed E-state index contributed by atoms with van der Waals surface area (Å²) in [5, 5.41) is 2.15. The van der Waals surface area contributed by atoms with E-state index in [4.69, 9.17) is 14.2 Å². The third-order valence-corrected chi connectivity index (χ3v) is 5.59. The summed E-state index contributed by atoms with van der Waals surface area (Å²) < 4.78 is 56.0. The zero-order valence-corrected chi connectivity index (χ0v) is 17.7. The average Bonchev–Trinajstić information content (AvgIpc) is 2.79. The minimum atomic E-state index is -5.10. The minimum absolute atomic E-state index is 0.150. The summed E-state index contributed by atoms with van der Waals surface area (Å²) >= 11 is 0. The first-order valence-electron chi connectivity index (χ1n) is 10.1. The van der Waals surface area contributed by atoms with E-state index in [1.165, 1.54) is 20.3 Å². The maximum absolute atomic E-state index is 13.2. The normalized spacial score (nSPS) is 20.8. The van der Waals surface area contributed by atoms with Crippen molar-refractivity contribution >= 4 is 11.9 Å². The molecule has 172 valence electrons. The van der Waals surface area contributed by atoms with Crippen LogP contribution in [0.2, 0.25) is 0 Å². The van der Waals surface area contributed by atoms with Gasteiger partial charge in [0.15, 0.2) is 11.5 Å². The molecule has 2 aromatic carbocycles. The Morgan fingerprint density at radius 2 is 1.69 bits per heavy atom. The molecule has 0 aliphatic heterocycles. The number of carbonyl (C=O) groups excluding carboxylic acids is 2. The van der Waals surface area contributed by atoms with Crippen LogP contribution >= 0.6 is 0 Å². The second kappa shape index (κ2) is 9.50. The zero-order chi connectivity index (χ0) is 23.4. The smallest absolute Gasteiger partial charge is 0.471 e. The van der Waals surface area contributed by atoms with Crippen molar-refractivity contribution in [1.82, 2.24) is 5.32 Å². The number of hydrogen-bond donors (Lipinski definition) is 1. The van der Waals surface area contributed by atoms with E-state index in [0.29, 0.717) is 24.2 Å². The molecule has 0 saturated heterocycles. The lowest BCUT2D eigenvalue weighted by Crippen LogP contribution is -2.59. The number of esters is 1. The molecule has 2 atom stereocenters. The van der Waals surface area contributed by atoms with Gasteiger partial charge in [0, 0.05) is 0 Å². The molecule has 1 fully saturated rings. The van der Waals surface area contributed by atoms with E-state index in [9.17, 15) is 22.8 Å². The van der Waals surface area contributed by atoms with Gasteiger partial charge in [-0.2, -0.15) is 13.2 Å². The topological polar surface area (TPSA) is 73.9 Å². The Balaban J connectivity index is 2.06. The summed E-state index contributed by atoms with van der Waals surface area (Å²) in [6.45, 7) is 0. The van der Waals surface area contributed by atoms with Crippen LogP contribution in [0, 0.1) is 0 Å². The minimum Gasteiger partial charge on any atom is -0.493 e. The molecule has 1 saturated carbocycles. The molecule has 0 heterocycles. The molecule has 0 aromatic heterocycles. The second-order valence-electron chi connectivity index (χ2n) is 7.50. The summed E-state index contributed by atoms with van der Waals surface area (Å²) in [4.78, 5) is 24.8. The quantitative estimate of drug-likeness (QED) is 0.660. The van der Waals surface area contributed by atoms with Crippen LogP contribution in [-0.2, 0) is 15.1 Å². The Kier molecular flexibility index (Phi) is 6.96. The van der Waals surface area contributed by atoms with Crippen LogP contribution in [0.25, 0.3) is 0 Å². The van der Waals surface area contributed by atoms with Gasteiger partial charge < -0.3 is 19.5 Å². The molecule has 9 heteroatoms. The van der Waals surface area contributed by atoms with Gasteiger partial charge in [-0.25, -0.2) is 4.79 Å². The number of benzene rings is 2. The predicted molar refractivity (Wildman–Crippen MR) is 110 cm³/mol. The molecule has 1 aliphatic rings. The molecule has 3 rings (SSSR count). The summed E-state index contributed by atoms with van der Waals surface area (Å²) in [7, 11) is 2.83. The van der Waals surface area contributed by atoms with E-state index in [-0.39, 0.29) is 24.2 Å². The Hall–Kier alpha value is -3.23. The highest BCUT2D eigenvalue weighted by molar-refractivity contribution is 5.89. The number of amides is 1. The molecule has 1 amide bonds. The highest BCUT2D eigenvalue weighted by Crippen LogP contribution is 2.43. The standard InChI is InChI=1S/C23H24F3NO5/c1-30-17-12-11-16(14-18(17)31-2)22(27-21(29)23(24,25)26)13-7-6-10-19(22)32-20(28)15-8-4-3-5-9-15/h3-5,8-9,11-12,14,19H,6-7,10,13H2,1-2H3,(H,27,29)/t19-,22-/m1/s1. The fourth-order valence-corrected chi connectivity index (χ4v) is 4.00. The van der Waals surface area contributed by atoms with Crippen LogP contribution in [0.5, 0.6) is 11.5 Å². The fourth-order valence-electron chi connectivity index (χ4n) is 4.00. The van der Waals surface area contributed by atoms with Gasteiger partial charge in [0.05, 0.1) is 19.8 Å². The van der Waals surface area contributed by atoms with E-state index < -0.39 is 29.7 Å². The highest BCUT2D eigenvalue weighted by atomic mass is 19.4. The van der Waals surface area contributed by atoms with E-state index in [1.807, 2.05) is 0 Å². The number of alkyl halides is 3. The number of ether oxygens (including phenoxy) is 3. The Labute approximate surface area is 183 Å². The average molecular weight is 451 g/mol. The first kappa shape index (κ1) is 23.4. The van der Waals surface area contributed by atoms with Crippen molar-refractivity contribution in [2.24, 2.45) is 0 Å². The van der Waals surface area contributed by atoms with Crippen molar-refractivity contribution in [3.8, 4) is 11.5 Å². The molecular weight excluding hydrogens is 427 g/mol. The number of halogens is 3. The van der Waals surface area contributed by atoms with Crippen molar-refractivity contribution in [3.05, 3.63) is 59.7 Å². The first-order valence-corrected chi connectivity index (χ1v) is 10.1. The first-order chi connectivity index (χ1) is 15.2. The maximum atomic E-state index is 13.2. The van der Waals surface area contributed by atoms with Crippen molar-refractivity contribution in [2.45, 2.75) is 43.5 Å². The number of methoxy groups -OCH3 is 2. The number of rotatable bonds is 6. The SMILES string of the molecule is COc1ccc([C@]2(NC(=O)C(F)(F)F)CCCC[C@H]2OC(=O)c2ccccc2)cc1OC. The Bertz CT molecular complexity index is 964. The number of nitrogens with one attached hydrogen (secondary N) is 1. The molecule has 1 aliphatic carbocycles. The van der Waals surface area contributed by atoms with E-state index in [1.54, 1.807) is 42.5 Å². The summed E-state index contributed by atoms with van der Waals surface area (Å²) in [6, 6.07) is 12.7. The second-order valence-corrected chi connectivity index (χ2v) is 7.50. The highest BCUT2D eigenvalue weighted by Gasteiger charge is 2.51. The number of carbonyl (C=O) groups is 2. The Morgan fingerprint density at radius 3 is 2.31 bits per heavy atom. The number of hydrogen-bond acceptors (Lipinski definition) is 5. The fraction of sp³-hybridized carbons (Fsp3) is 0.391. The van der Waals surface area contributed by atoms with Crippen molar-refractivity contribution in [2.75, 3.05) is 14.2 Å². The molecule has 0 radical (unpaired) electrons.